The van der Waals surface area contributed by atoms with Crippen LogP contribution in [0.4, 0.5) is 13.2 Å². The molecule has 0 radical (unpaired) electrons. The number of aromatic nitrogens is 4. The standard InChI is InChI=1S/C22H18F3N5O/c1-11-19-14(21(29(2)28-19)12-9-15(23)18(25)16(24)10-12)5-8-30(11)22(31)20-13-3-6-26-17(13)4-7-27-20/h3-4,6-7,9-11,26H,5,8H2,1-2H3. The molecular weight excluding hydrogens is 407 g/mol. The summed E-state index contributed by atoms with van der Waals surface area (Å²) in [5.41, 5.74) is 3.33. The van der Waals surface area contributed by atoms with Crippen molar-refractivity contribution in [1.29, 1.82) is 0 Å². The first-order chi connectivity index (χ1) is 14.9. The Morgan fingerprint density at radius 1 is 1.19 bits per heavy atom. The largest absolute Gasteiger partial charge is 0.361 e. The zero-order valence-corrected chi connectivity index (χ0v) is 16.8. The van der Waals surface area contributed by atoms with Gasteiger partial charge >= 0.3 is 0 Å². The maximum absolute atomic E-state index is 13.8. The summed E-state index contributed by atoms with van der Waals surface area (Å²) in [5.74, 6) is -4.22. The quantitative estimate of drug-likeness (QED) is 0.491. The number of fused-ring (bicyclic) bond motifs is 2. The van der Waals surface area contributed by atoms with Crippen LogP contribution in [0.2, 0.25) is 0 Å². The maximum Gasteiger partial charge on any atom is 0.273 e. The van der Waals surface area contributed by atoms with Crippen LogP contribution in [0.5, 0.6) is 0 Å². The van der Waals surface area contributed by atoms with Crippen molar-refractivity contribution < 1.29 is 18.0 Å². The van der Waals surface area contributed by atoms with E-state index >= 15 is 0 Å². The number of carbonyl (C=O) groups is 1. The number of nitrogens with one attached hydrogen (secondary N) is 1. The molecule has 6 nitrogen and oxygen atoms in total. The van der Waals surface area contributed by atoms with Gasteiger partial charge in [0, 0.05) is 48.0 Å². The molecule has 3 aromatic heterocycles. The van der Waals surface area contributed by atoms with E-state index in [1.165, 1.54) is 4.68 Å². The molecule has 0 saturated carbocycles. The summed E-state index contributed by atoms with van der Waals surface area (Å²) in [5, 5.41) is 5.27. The van der Waals surface area contributed by atoms with Gasteiger partial charge in [0.05, 0.1) is 17.4 Å². The maximum atomic E-state index is 13.8. The Kier molecular flexibility index (Phi) is 4.35. The Morgan fingerprint density at radius 2 is 1.94 bits per heavy atom. The first kappa shape index (κ1) is 19.3. The molecule has 0 bridgehead atoms. The van der Waals surface area contributed by atoms with E-state index in [1.54, 1.807) is 30.4 Å². The molecule has 5 rings (SSSR count). The third kappa shape index (κ3) is 2.91. The number of aryl methyl sites for hydroxylation is 1. The Balaban J connectivity index is 1.54. The van der Waals surface area contributed by atoms with Gasteiger partial charge in [0.25, 0.3) is 5.91 Å². The van der Waals surface area contributed by atoms with Crippen molar-refractivity contribution in [3.05, 3.63) is 71.1 Å². The number of amides is 1. The molecule has 1 unspecified atom stereocenters. The molecule has 0 fully saturated rings. The van der Waals surface area contributed by atoms with Crippen LogP contribution in [0.1, 0.15) is 34.7 Å². The van der Waals surface area contributed by atoms with Crippen molar-refractivity contribution in [2.75, 3.05) is 6.54 Å². The van der Waals surface area contributed by atoms with Crippen LogP contribution in [-0.2, 0) is 13.5 Å². The number of pyridine rings is 1. The number of carbonyl (C=O) groups excluding carboxylic acids is 1. The van der Waals surface area contributed by atoms with Crippen molar-refractivity contribution in [3.63, 3.8) is 0 Å². The van der Waals surface area contributed by atoms with E-state index in [0.29, 0.717) is 30.0 Å². The van der Waals surface area contributed by atoms with Crippen LogP contribution in [0.3, 0.4) is 0 Å². The number of halogens is 3. The Bertz CT molecular complexity index is 1320. The van der Waals surface area contributed by atoms with Crippen LogP contribution >= 0.6 is 0 Å². The van der Waals surface area contributed by atoms with Gasteiger partial charge in [-0.1, -0.05) is 0 Å². The van der Waals surface area contributed by atoms with E-state index in [1.807, 2.05) is 13.0 Å². The van der Waals surface area contributed by atoms with E-state index in [4.69, 9.17) is 0 Å². The summed E-state index contributed by atoms with van der Waals surface area (Å²) in [6.07, 6.45) is 3.79. The second kappa shape index (κ2) is 6.97. The molecule has 4 heterocycles. The van der Waals surface area contributed by atoms with Crippen molar-refractivity contribution in [3.8, 4) is 11.3 Å². The summed E-state index contributed by atoms with van der Waals surface area (Å²) in [6.45, 7) is 2.25. The second-order valence-electron chi connectivity index (χ2n) is 7.61. The fourth-order valence-corrected chi connectivity index (χ4v) is 4.36. The van der Waals surface area contributed by atoms with E-state index < -0.39 is 17.5 Å². The molecule has 0 spiro atoms. The van der Waals surface area contributed by atoms with E-state index in [2.05, 4.69) is 15.1 Å². The highest BCUT2D eigenvalue weighted by molar-refractivity contribution is 6.04. The summed E-state index contributed by atoms with van der Waals surface area (Å²) in [7, 11) is 1.66. The number of benzene rings is 1. The van der Waals surface area contributed by atoms with Crippen LogP contribution in [-0.4, -0.2) is 37.1 Å². The Hall–Kier alpha value is -3.62. The van der Waals surface area contributed by atoms with Gasteiger partial charge in [0.1, 0.15) is 5.69 Å². The lowest BCUT2D eigenvalue weighted by molar-refractivity contribution is 0.0670. The topological polar surface area (TPSA) is 66.8 Å². The summed E-state index contributed by atoms with van der Waals surface area (Å²) in [6, 6.07) is 5.17. The number of rotatable bonds is 2. The molecule has 158 valence electrons. The monoisotopic (exact) mass is 425 g/mol. The lowest BCUT2D eigenvalue weighted by Crippen LogP contribution is -2.39. The Morgan fingerprint density at radius 3 is 2.68 bits per heavy atom. The molecule has 1 amide bonds. The van der Waals surface area contributed by atoms with Gasteiger partial charge in [-0.05, 0) is 37.6 Å². The van der Waals surface area contributed by atoms with Gasteiger partial charge in [0.15, 0.2) is 17.5 Å². The number of hydrogen-bond donors (Lipinski definition) is 1. The van der Waals surface area contributed by atoms with Gasteiger partial charge in [-0.2, -0.15) is 5.10 Å². The predicted octanol–water partition coefficient (Wildman–Crippen LogP) is 4.14. The number of hydrogen-bond acceptors (Lipinski definition) is 3. The summed E-state index contributed by atoms with van der Waals surface area (Å²) < 4.78 is 42.6. The first-order valence-corrected chi connectivity index (χ1v) is 9.80. The molecule has 1 aromatic carbocycles. The zero-order chi connectivity index (χ0) is 21.9. The fraction of sp³-hybridized carbons (Fsp3) is 0.227. The molecule has 4 aromatic rings. The number of H-pyrrole nitrogens is 1. The summed E-state index contributed by atoms with van der Waals surface area (Å²) >= 11 is 0. The van der Waals surface area contributed by atoms with Crippen LogP contribution in [0.15, 0.2) is 36.7 Å². The molecule has 0 saturated heterocycles. The van der Waals surface area contributed by atoms with E-state index in [9.17, 15) is 18.0 Å². The SMILES string of the molecule is CC1c2nn(C)c(-c3cc(F)c(F)c(F)c3)c2CCN1C(=O)c1nccc2[nH]ccc12. The van der Waals surface area contributed by atoms with E-state index in [-0.39, 0.29) is 17.5 Å². The van der Waals surface area contributed by atoms with Crippen molar-refractivity contribution >= 4 is 16.8 Å². The molecular formula is C22H18F3N5O. The molecule has 9 heteroatoms. The van der Waals surface area contributed by atoms with Gasteiger partial charge in [-0.3, -0.25) is 14.5 Å². The first-order valence-electron chi connectivity index (χ1n) is 9.80. The van der Waals surface area contributed by atoms with Crippen LogP contribution < -0.4 is 0 Å². The Labute approximate surface area is 175 Å². The summed E-state index contributed by atoms with van der Waals surface area (Å²) in [4.78, 5) is 22.3. The average molecular weight is 425 g/mol. The lowest BCUT2D eigenvalue weighted by atomic mass is 9.95. The second-order valence-corrected chi connectivity index (χ2v) is 7.61. The number of aromatic amines is 1. The fourth-order valence-electron chi connectivity index (χ4n) is 4.36. The molecule has 1 N–H and O–H groups in total. The average Bonchev–Trinajstić information content (AvgIpc) is 3.35. The highest BCUT2D eigenvalue weighted by atomic mass is 19.2. The van der Waals surface area contributed by atoms with Crippen molar-refractivity contribution in [2.45, 2.75) is 19.4 Å². The van der Waals surface area contributed by atoms with Crippen molar-refractivity contribution in [1.82, 2.24) is 24.6 Å². The lowest BCUT2D eigenvalue weighted by Gasteiger charge is -2.32. The van der Waals surface area contributed by atoms with Crippen molar-refractivity contribution in [2.24, 2.45) is 7.05 Å². The highest BCUT2D eigenvalue weighted by Gasteiger charge is 2.34. The van der Waals surface area contributed by atoms with E-state index in [0.717, 1.165) is 28.6 Å². The van der Waals surface area contributed by atoms with Crippen LogP contribution in [0, 0.1) is 17.5 Å². The normalized spacial score (nSPS) is 16.0. The molecule has 0 aliphatic carbocycles. The minimum atomic E-state index is -1.50. The van der Waals surface area contributed by atoms with Gasteiger partial charge in [-0.15, -0.1) is 0 Å². The molecule has 1 atom stereocenters. The minimum absolute atomic E-state index is 0.207. The third-order valence-corrected chi connectivity index (χ3v) is 5.84. The number of nitrogens with zero attached hydrogens (tertiary/aromatic N) is 4. The van der Waals surface area contributed by atoms with Crippen LogP contribution in [0.25, 0.3) is 22.2 Å². The molecule has 1 aliphatic heterocycles. The third-order valence-electron chi connectivity index (χ3n) is 5.84. The smallest absolute Gasteiger partial charge is 0.273 e. The molecule has 31 heavy (non-hydrogen) atoms. The van der Waals surface area contributed by atoms with Gasteiger partial charge in [0.2, 0.25) is 0 Å². The molecule has 1 aliphatic rings. The zero-order valence-electron chi connectivity index (χ0n) is 16.8. The highest BCUT2D eigenvalue weighted by Crippen LogP contribution is 2.37. The van der Waals surface area contributed by atoms with Gasteiger partial charge < -0.3 is 9.88 Å². The minimum Gasteiger partial charge on any atom is -0.361 e. The predicted molar refractivity (Wildman–Crippen MR) is 108 cm³/mol. The van der Waals surface area contributed by atoms with Gasteiger partial charge in [-0.25, -0.2) is 13.2 Å².